The normalized spacial score (nSPS) is 15.5. The largest absolute Gasteiger partial charge is 0.490 e. The minimum absolute atomic E-state index is 0.166. The molecule has 37 heavy (non-hydrogen) atoms. The number of rotatable bonds is 8. The number of thioether (sulfide) groups is 1. The molecule has 0 saturated carbocycles. The molecule has 0 radical (unpaired) electrons. The van der Waals surface area contributed by atoms with E-state index in [0.717, 1.165) is 10.0 Å². The first-order chi connectivity index (χ1) is 17.7. The zero-order valence-corrected chi connectivity index (χ0v) is 23.1. The molecule has 3 aromatic rings. The number of nitrogens with zero attached hydrogens (tertiary/aromatic N) is 2. The Morgan fingerprint density at radius 2 is 1.84 bits per heavy atom. The lowest BCUT2D eigenvalue weighted by Crippen LogP contribution is -2.23. The number of halogens is 2. The van der Waals surface area contributed by atoms with Crippen molar-refractivity contribution in [1.82, 2.24) is 4.90 Å². The Bertz CT molecular complexity index is 1390. The maximum atomic E-state index is 12.9. The zero-order valence-electron chi connectivity index (χ0n) is 19.9. The summed E-state index contributed by atoms with van der Waals surface area (Å²) >= 11 is 11.2. The number of hydrogen-bond acceptors (Lipinski definition) is 6. The van der Waals surface area contributed by atoms with Crippen LogP contribution in [0.4, 0.5) is 5.69 Å². The van der Waals surface area contributed by atoms with Crippen LogP contribution in [-0.4, -0.2) is 40.7 Å². The van der Waals surface area contributed by atoms with E-state index in [4.69, 9.17) is 26.2 Å². The fourth-order valence-electron chi connectivity index (χ4n) is 3.40. The van der Waals surface area contributed by atoms with Crippen molar-refractivity contribution >= 4 is 68.1 Å². The molecule has 0 aromatic heterocycles. The molecule has 0 atom stereocenters. The molecule has 190 valence electrons. The Kier molecular flexibility index (Phi) is 8.58. The minimum Gasteiger partial charge on any atom is -0.490 e. The summed E-state index contributed by atoms with van der Waals surface area (Å²) < 4.78 is 12.8. The highest BCUT2D eigenvalue weighted by molar-refractivity contribution is 9.10. The second-order valence-corrected chi connectivity index (χ2v) is 10.2. The van der Waals surface area contributed by atoms with Crippen LogP contribution in [0.1, 0.15) is 28.4 Å². The third kappa shape index (κ3) is 6.54. The van der Waals surface area contributed by atoms with Crippen molar-refractivity contribution in [2.45, 2.75) is 13.5 Å². The summed E-state index contributed by atoms with van der Waals surface area (Å²) in [6, 6.07) is 17.4. The van der Waals surface area contributed by atoms with Gasteiger partial charge in [-0.25, -0.2) is 9.79 Å². The Balaban J connectivity index is 1.57. The number of aliphatic imine (C=N–C) groups is 1. The number of amidine groups is 1. The molecule has 3 aromatic carbocycles. The third-order valence-electron chi connectivity index (χ3n) is 5.27. The summed E-state index contributed by atoms with van der Waals surface area (Å²) in [5.41, 5.74) is 2.37. The number of benzene rings is 3. The van der Waals surface area contributed by atoms with Crippen LogP contribution in [0.5, 0.6) is 11.5 Å². The van der Waals surface area contributed by atoms with E-state index in [9.17, 15) is 9.59 Å². The molecule has 0 bridgehead atoms. The Morgan fingerprint density at radius 3 is 2.49 bits per heavy atom. The summed E-state index contributed by atoms with van der Waals surface area (Å²) in [6.45, 7) is 2.60. The van der Waals surface area contributed by atoms with Gasteiger partial charge in [0, 0.05) is 11.5 Å². The summed E-state index contributed by atoms with van der Waals surface area (Å²) in [5, 5.41) is 9.91. The molecular weight excluding hydrogens is 580 g/mol. The average molecular weight is 602 g/mol. The SMILES string of the molecule is CCOc1cc(/C=C2\SC(=Nc3ccc(C(=O)O)cc3)N(C)C2=O)cc(Cl)c1OCc1ccc(Br)cc1. The van der Waals surface area contributed by atoms with Gasteiger partial charge in [-0.3, -0.25) is 9.69 Å². The third-order valence-corrected chi connectivity index (χ3v) is 7.14. The lowest BCUT2D eigenvalue weighted by Gasteiger charge is -2.15. The van der Waals surface area contributed by atoms with Gasteiger partial charge in [0.1, 0.15) is 6.61 Å². The van der Waals surface area contributed by atoms with E-state index in [-0.39, 0.29) is 11.5 Å². The fourth-order valence-corrected chi connectivity index (χ4v) is 4.93. The highest BCUT2D eigenvalue weighted by atomic mass is 79.9. The molecule has 1 heterocycles. The quantitative estimate of drug-likeness (QED) is 0.279. The average Bonchev–Trinajstić information content (AvgIpc) is 3.12. The number of carboxylic acids is 1. The number of ether oxygens (including phenoxy) is 2. The summed E-state index contributed by atoms with van der Waals surface area (Å²) in [5.74, 6) is -0.310. The summed E-state index contributed by atoms with van der Waals surface area (Å²) in [7, 11) is 1.64. The van der Waals surface area contributed by atoms with Crippen LogP contribution in [0.3, 0.4) is 0 Å². The maximum absolute atomic E-state index is 12.9. The lowest BCUT2D eigenvalue weighted by atomic mass is 10.1. The standard InChI is InChI=1S/C27H22BrClN2O5S/c1-3-35-22-13-17(12-21(29)24(22)36-15-16-4-8-19(28)9-5-16)14-23-25(32)31(2)27(37-23)30-20-10-6-18(7-11-20)26(33)34/h4-14H,3,15H2,1-2H3,(H,33,34)/b23-14-,30-27?. The van der Waals surface area contributed by atoms with E-state index >= 15 is 0 Å². The second kappa shape index (κ2) is 11.9. The number of carboxylic acid groups (broad SMARTS) is 1. The Labute approximate surface area is 231 Å². The second-order valence-electron chi connectivity index (χ2n) is 7.90. The van der Waals surface area contributed by atoms with Crippen molar-refractivity contribution in [3.63, 3.8) is 0 Å². The predicted molar refractivity (Wildman–Crippen MR) is 150 cm³/mol. The molecule has 7 nitrogen and oxygen atoms in total. The van der Waals surface area contributed by atoms with Gasteiger partial charge < -0.3 is 14.6 Å². The smallest absolute Gasteiger partial charge is 0.335 e. The first-order valence-corrected chi connectivity index (χ1v) is 13.2. The van der Waals surface area contributed by atoms with E-state index < -0.39 is 5.97 Å². The van der Waals surface area contributed by atoms with Gasteiger partial charge in [-0.05, 0) is 84.4 Å². The maximum Gasteiger partial charge on any atom is 0.335 e. The molecule has 0 aliphatic carbocycles. The molecule has 0 unspecified atom stereocenters. The van der Waals surface area contributed by atoms with Crippen LogP contribution in [0.15, 0.2) is 75.0 Å². The molecule has 1 amide bonds. The molecule has 1 fully saturated rings. The van der Waals surface area contributed by atoms with Crippen LogP contribution in [0.2, 0.25) is 5.02 Å². The molecule has 0 spiro atoms. The Morgan fingerprint density at radius 1 is 1.14 bits per heavy atom. The number of aromatic carboxylic acids is 1. The van der Waals surface area contributed by atoms with Crippen LogP contribution in [0, 0.1) is 0 Å². The Hall–Kier alpha value is -3.27. The molecule has 10 heteroatoms. The van der Waals surface area contributed by atoms with Gasteiger partial charge in [0.15, 0.2) is 16.7 Å². The molecule has 1 aliphatic heterocycles. The highest BCUT2D eigenvalue weighted by Crippen LogP contribution is 2.39. The van der Waals surface area contributed by atoms with Crippen molar-refractivity contribution in [2.75, 3.05) is 13.7 Å². The number of hydrogen-bond donors (Lipinski definition) is 1. The topological polar surface area (TPSA) is 88.4 Å². The molecule has 1 saturated heterocycles. The van der Waals surface area contributed by atoms with Gasteiger partial charge in [0.2, 0.25) is 0 Å². The van der Waals surface area contributed by atoms with Crippen LogP contribution in [0.25, 0.3) is 6.08 Å². The van der Waals surface area contributed by atoms with Crippen LogP contribution >= 0.6 is 39.3 Å². The zero-order chi connectivity index (χ0) is 26.5. The van der Waals surface area contributed by atoms with Gasteiger partial charge in [-0.1, -0.05) is 39.7 Å². The van der Waals surface area contributed by atoms with Crippen molar-refractivity contribution in [2.24, 2.45) is 4.99 Å². The number of carbonyl (C=O) groups is 2. The lowest BCUT2D eigenvalue weighted by molar-refractivity contribution is -0.121. The van der Waals surface area contributed by atoms with Gasteiger partial charge in [0.25, 0.3) is 5.91 Å². The molecule has 4 rings (SSSR count). The van der Waals surface area contributed by atoms with Gasteiger partial charge >= 0.3 is 5.97 Å². The first kappa shape index (κ1) is 26.8. The highest BCUT2D eigenvalue weighted by Gasteiger charge is 2.30. The number of likely N-dealkylation sites (N-methyl/N-ethyl adjacent to an activating group) is 1. The predicted octanol–water partition coefficient (Wildman–Crippen LogP) is 7.01. The number of carbonyl (C=O) groups excluding carboxylic acids is 1. The fraction of sp³-hybridized carbons (Fsp3) is 0.148. The van der Waals surface area contributed by atoms with Gasteiger partial charge in [0.05, 0.1) is 27.8 Å². The van der Waals surface area contributed by atoms with E-state index in [1.165, 1.54) is 28.8 Å². The molecule has 1 aliphatic rings. The molecule has 1 N–H and O–H groups in total. The van der Waals surface area contributed by atoms with E-state index in [1.807, 2.05) is 31.2 Å². The first-order valence-electron chi connectivity index (χ1n) is 11.2. The van der Waals surface area contributed by atoms with E-state index in [2.05, 4.69) is 20.9 Å². The summed E-state index contributed by atoms with van der Waals surface area (Å²) in [4.78, 5) is 30.4. The van der Waals surface area contributed by atoms with Gasteiger partial charge in [-0.15, -0.1) is 0 Å². The van der Waals surface area contributed by atoms with Crippen LogP contribution in [-0.2, 0) is 11.4 Å². The summed E-state index contributed by atoms with van der Waals surface area (Å²) in [6.07, 6.45) is 1.73. The number of amides is 1. The van der Waals surface area contributed by atoms with Gasteiger partial charge in [-0.2, -0.15) is 0 Å². The monoisotopic (exact) mass is 600 g/mol. The van der Waals surface area contributed by atoms with Crippen molar-refractivity contribution in [1.29, 1.82) is 0 Å². The minimum atomic E-state index is -1.01. The van der Waals surface area contributed by atoms with Crippen molar-refractivity contribution < 1.29 is 24.2 Å². The van der Waals surface area contributed by atoms with Crippen molar-refractivity contribution in [3.05, 3.63) is 91.8 Å². The van der Waals surface area contributed by atoms with Crippen molar-refractivity contribution in [3.8, 4) is 11.5 Å². The van der Waals surface area contributed by atoms with Crippen LogP contribution < -0.4 is 9.47 Å². The van der Waals surface area contributed by atoms with E-state index in [1.54, 1.807) is 37.4 Å². The molecular formula is C27H22BrClN2O5S. The van der Waals surface area contributed by atoms with E-state index in [0.29, 0.717) is 51.1 Å².